The molecule has 6 atom stereocenters. The molecule has 3 rings (SSSR count). The Hall–Kier alpha value is -0.120. The maximum atomic E-state index is 5.97. The van der Waals surface area contributed by atoms with Crippen LogP contribution in [0.1, 0.15) is 65.7 Å². The van der Waals surface area contributed by atoms with Crippen LogP contribution < -0.4 is 0 Å². The fraction of sp³-hybridized carbons (Fsp3) is 1.00. The number of unbranched alkanes of at least 4 members (excludes halogenated alkanes) is 2. The number of epoxide rings is 2. The van der Waals surface area contributed by atoms with Crippen LogP contribution in [0.4, 0.5) is 0 Å². The lowest BCUT2D eigenvalue weighted by Crippen LogP contribution is -2.31. The summed E-state index contributed by atoms with van der Waals surface area (Å²) in [6.45, 7) is 8.98. The first-order chi connectivity index (χ1) is 10.3. The van der Waals surface area contributed by atoms with Gasteiger partial charge in [0.25, 0.3) is 0 Å². The summed E-state index contributed by atoms with van der Waals surface area (Å²) in [5.74, 6) is 1.66. The van der Waals surface area contributed by atoms with E-state index >= 15 is 0 Å². The van der Waals surface area contributed by atoms with Crippen molar-refractivity contribution in [2.45, 2.75) is 90.3 Å². The minimum absolute atomic E-state index is 0.411. The number of rotatable bonds is 9. The summed E-state index contributed by atoms with van der Waals surface area (Å²) in [4.78, 5) is 2.45. The minimum atomic E-state index is 0.411. The van der Waals surface area contributed by atoms with Gasteiger partial charge < -0.3 is 9.47 Å². The van der Waals surface area contributed by atoms with Crippen LogP contribution in [0.25, 0.3) is 0 Å². The highest BCUT2D eigenvalue weighted by Crippen LogP contribution is 2.49. The molecule has 3 heteroatoms. The molecule has 0 N–H and O–H groups in total. The van der Waals surface area contributed by atoms with Crippen molar-refractivity contribution < 1.29 is 9.47 Å². The number of hydrogen-bond acceptors (Lipinski definition) is 3. The van der Waals surface area contributed by atoms with Crippen LogP contribution in [0.3, 0.4) is 0 Å². The molecule has 6 unspecified atom stereocenters. The van der Waals surface area contributed by atoms with E-state index in [2.05, 4.69) is 25.7 Å². The lowest BCUT2D eigenvalue weighted by atomic mass is 9.74. The second-order valence-corrected chi connectivity index (χ2v) is 7.16. The standard InChI is InChI=1S/C18H33NO2/c1-4-7-8-9-14-13(10-11-15-17(14)20-15)12-16-18(21-16)19(5-2)6-3/h13-18H,4-12H2,1-3H3. The van der Waals surface area contributed by atoms with Crippen LogP contribution >= 0.6 is 0 Å². The van der Waals surface area contributed by atoms with Gasteiger partial charge in [-0.15, -0.1) is 0 Å². The summed E-state index contributed by atoms with van der Waals surface area (Å²) in [6.07, 6.45) is 11.5. The molecule has 3 fully saturated rings. The molecule has 0 aromatic heterocycles. The third kappa shape index (κ3) is 3.62. The van der Waals surface area contributed by atoms with Crippen LogP contribution in [-0.4, -0.2) is 42.5 Å². The molecular weight excluding hydrogens is 262 g/mol. The molecule has 0 spiro atoms. The Morgan fingerprint density at radius 2 is 1.81 bits per heavy atom. The van der Waals surface area contributed by atoms with Crippen molar-refractivity contribution in [3.63, 3.8) is 0 Å². The van der Waals surface area contributed by atoms with Crippen LogP contribution in [-0.2, 0) is 9.47 Å². The van der Waals surface area contributed by atoms with Crippen molar-refractivity contribution in [1.82, 2.24) is 4.90 Å². The summed E-state index contributed by atoms with van der Waals surface area (Å²) in [5.41, 5.74) is 0. The molecule has 3 nitrogen and oxygen atoms in total. The van der Waals surface area contributed by atoms with Crippen molar-refractivity contribution in [2.24, 2.45) is 11.8 Å². The van der Waals surface area contributed by atoms with E-state index in [0.717, 1.165) is 24.9 Å². The van der Waals surface area contributed by atoms with E-state index in [9.17, 15) is 0 Å². The average Bonchev–Trinajstić information content (AvgIpc) is 3.38. The monoisotopic (exact) mass is 295 g/mol. The molecule has 0 aromatic rings. The van der Waals surface area contributed by atoms with Gasteiger partial charge in [0.15, 0.2) is 0 Å². The second kappa shape index (κ2) is 6.97. The number of fused-ring (bicyclic) bond motifs is 1. The number of likely N-dealkylation sites (N-methyl/N-ethyl adjacent to an activating group) is 1. The first-order valence-corrected chi connectivity index (χ1v) is 9.33. The van der Waals surface area contributed by atoms with Crippen molar-refractivity contribution in [2.75, 3.05) is 13.1 Å². The summed E-state index contributed by atoms with van der Waals surface area (Å²) in [6, 6.07) is 0. The Bertz CT molecular complexity index is 331. The van der Waals surface area contributed by atoms with Gasteiger partial charge in [-0.05, 0) is 50.6 Å². The van der Waals surface area contributed by atoms with Crippen LogP contribution in [0.2, 0.25) is 0 Å². The van der Waals surface area contributed by atoms with Gasteiger partial charge >= 0.3 is 0 Å². The van der Waals surface area contributed by atoms with E-state index in [0.29, 0.717) is 24.5 Å². The molecule has 21 heavy (non-hydrogen) atoms. The zero-order valence-electron chi connectivity index (χ0n) is 14.1. The Morgan fingerprint density at radius 3 is 2.52 bits per heavy atom. The van der Waals surface area contributed by atoms with Gasteiger partial charge in [0.2, 0.25) is 0 Å². The molecule has 1 aliphatic carbocycles. The van der Waals surface area contributed by atoms with Crippen molar-refractivity contribution in [1.29, 1.82) is 0 Å². The van der Waals surface area contributed by atoms with E-state index in [1.807, 2.05) is 0 Å². The van der Waals surface area contributed by atoms with Gasteiger partial charge in [0.1, 0.15) is 6.23 Å². The molecule has 0 aromatic carbocycles. The van der Waals surface area contributed by atoms with E-state index < -0.39 is 0 Å². The van der Waals surface area contributed by atoms with Gasteiger partial charge in [0.05, 0.1) is 18.3 Å². The molecule has 2 aliphatic heterocycles. The molecule has 0 radical (unpaired) electrons. The van der Waals surface area contributed by atoms with Crippen LogP contribution in [0.5, 0.6) is 0 Å². The van der Waals surface area contributed by atoms with Gasteiger partial charge in [-0.25, -0.2) is 0 Å². The topological polar surface area (TPSA) is 28.3 Å². The average molecular weight is 295 g/mol. The van der Waals surface area contributed by atoms with E-state index in [1.54, 1.807) is 0 Å². The van der Waals surface area contributed by atoms with Gasteiger partial charge in [0, 0.05) is 0 Å². The highest BCUT2D eigenvalue weighted by atomic mass is 16.6. The first kappa shape index (κ1) is 15.8. The van der Waals surface area contributed by atoms with E-state index in [-0.39, 0.29) is 0 Å². The Kier molecular flexibility index (Phi) is 5.23. The molecule has 2 heterocycles. The third-order valence-electron chi connectivity index (χ3n) is 5.88. The highest BCUT2D eigenvalue weighted by Gasteiger charge is 2.53. The molecular formula is C18H33NO2. The Balaban J connectivity index is 1.49. The van der Waals surface area contributed by atoms with E-state index in [4.69, 9.17) is 9.47 Å². The summed E-state index contributed by atoms with van der Waals surface area (Å²) in [5, 5.41) is 0. The predicted octanol–water partition coefficient (Wildman–Crippen LogP) is 3.82. The normalized spacial score (nSPS) is 41.1. The van der Waals surface area contributed by atoms with E-state index in [1.165, 1.54) is 44.9 Å². The van der Waals surface area contributed by atoms with Gasteiger partial charge in [-0.1, -0.05) is 40.0 Å². The Morgan fingerprint density at radius 1 is 1.00 bits per heavy atom. The number of ether oxygens (including phenoxy) is 2. The minimum Gasteiger partial charge on any atom is -0.369 e. The summed E-state index contributed by atoms with van der Waals surface area (Å²) in [7, 11) is 0. The fourth-order valence-corrected chi connectivity index (χ4v) is 4.46. The first-order valence-electron chi connectivity index (χ1n) is 9.33. The zero-order chi connectivity index (χ0) is 14.8. The van der Waals surface area contributed by atoms with Gasteiger partial charge in [-0.3, -0.25) is 4.90 Å². The van der Waals surface area contributed by atoms with Crippen LogP contribution in [0, 0.1) is 11.8 Å². The molecule has 1 saturated carbocycles. The molecule has 2 saturated heterocycles. The van der Waals surface area contributed by atoms with Gasteiger partial charge in [-0.2, -0.15) is 0 Å². The molecule has 122 valence electrons. The van der Waals surface area contributed by atoms with Crippen molar-refractivity contribution in [3.8, 4) is 0 Å². The lowest BCUT2D eigenvalue weighted by Gasteiger charge is -2.29. The maximum absolute atomic E-state index is 5.97. The summed E-state index contributed by atoms with van der Waals surface area (Å²) < 4.78 is 11.9. The molecule has 0 bridgehead atoms. The zero-order valence-corrected chi connectivity index (χ0v) is 14.1. The predicted molar refractivity (Wildman–Crippen MR) is 85.2 cm³/mol. The lowest BCUT2D eigenvalue weighted by molar-refractivity contribution is 0.185. The summed E-state index contributed by atoms with van der Waals surface area (Å²) >= 11 is 0. The maximum Gasteiger partial charge on any atom is 0.137 e. The fourth-order valence-electron chi connectivity index (χ4n) is 4.46. The second-order valence-electron chi connectivity index (χ2n) is 7.16. The van der Waals surface area contributed by atoms with Crippen molar-refractivity contribution >= 4 is 0 Å². The quantitative estimate of drug-likeness (QED) is 0.478. The number of nitrogens with zero attached hydrogens (tertiary/aromatic N) is 1. The third-order valence-corrected chi connectivity index (χ3v) is 5.88. The van der Waals surface area contributed by atoms with Crippen LogP contribution in [0.15, 0.2) is 0 Å². The Labute approximate surface area is 130 Å². The molecule has 0 amide bonds. The SMILES string of the molecule is CCCCCC1C(CC2OC2N(CC)CC)CCC2OC21. The highest BCUT2D eigenvalue weighted by molar-refractivity contribution is 5.00. The smallest absolute Gasteiger partial charge is 0.137 e. The number of hydrogen-bond donors (Lipinski definition) is 0. The molecule has 3 aliphatic rings. The van der Waals surface area contributed by atoms with Crippen molar-refractivity contribution in [3.05, 3.63) is 0 Å². The largest absolute Gasteiger partial charge is 0.369 e.